The van der Waals surface area contributed by atoms with Gasteiger partial charge >= 0.3 is 6.03 Å². The Hall–Kier alpha value is -3.91. The van der Waals surface area contributed by atoms with Crippen molar-refractivity contribution in [3.8, 4) is 5.75 Å². The number of benzene rings is 3. The minimum atomic E-state index is -1.39. The van der Waals surface area contributed by atoms with Crippen molar-refractivity contribution in [3.05, 3.63) is 106 Å². The zero-order chi connectivity index (χ0) is 23.4. The van der Waals surface area contributed by atoms with E-state index in [9.17, 15) is 19.5 Å². The summed E-state index contributed by atoms with van der Waals surface area (Å²) in [7, 11) is 0. The van der Waals surface area contributed by atoms with Gasteiger partial charge in [-0.25, -0.2) is 4.79 Å². The number of ketones is 1. The van der Waals surface area contributed by atoms with Crippen LogP contribution in [0.5, 0.6) is 5.75 Å². The lowest BCUT2D eigenvalue weighted by molar-refractivity contribution is -0.307. The zero-order valence-corrected chi connectivity index (χ0v) is 18.8. The van der Waals surface area contributed by atoms with Crippen molar-refractivity contribution in [1.82, 2.24) is 10.6 Å². The summed E-state index contributed by atoms with van der Waals surface area (Å²) in [5.74, 6) is -1.47. The van der Waals surface area contributed by atoms with E-state index >= 15 is 0 Å². The SMILES string of the molecule is O=C([O-])COc1ccc(Br)cc1[C@H]1NC(=O)NC(c2ccccc2)=C1C(=O)c1ccccc1. The normalized spacial score (nSPS) is 15.4. The average Bonchev–Trinajstić information content (AvgIpc) is 2.83. The van der Waals surface area contributed by atoms with Crippen LogP contribution in [0.25, 0.3) is 5.70 Å². The number of halogens is 1. The van der Waals surface area contributed by atoms with Crippen molar-refractivity contribution in [2.24, 2.45) is 0 Å². The van der Waals surface area contributed by atoms with Crippen LogP contribution in [-0.4, -0.2) is 24.4 Å². The molecule has 1 heterocycles. The first-order valence-corrected chi connectivity index (χ1v) is 10.8. The first-order valence-electron chi connectivity index (χ1n) is 10.0. The van der Waals surface area contributed by atoms with Gasteiger partial charge in [0, 0.05) is 15.6 Å². The Balaban J connectivity index is 1.93. The molecule has 1 atom stereocenters. The van der Waals surface area contributed by atoms with E-state index in [1.54, 1.807) is 54.6 Å². The fraction of sp³-hybridized carbons (Fsp3) is 0.0800. The lowest BCUT2D eigenvalue weighted by Gasteiger charge is -2.31. The summed E-state index contributed by atoms with van der Waals surface area (Å²) in [4.78, 5) is 37.4. The molecule has 0 spiro atoms. The highest BCUT2D eigenvalue weighted by Gasteiger charge is 2.35. The summed E-state index contributed by atoms with van der Waals surface area (Å²) in [6.45, 7) is -0.676. The van der Waals surface area contributed by atoms with Crippen LogP contribution in [0.4, 0.5) is 4.79 Å². The number of amides is 2. The molecule has 0 saturated carbocycles. The highest BCUT2D eigenvalue weighted by atomic mass is 79.9. The van der Waals surface area contributed by atoms with Gasteiger partial charge in [-0.1, -0.05) is 76.6 Å². The van der Waals surface area contributed by atoms with Crippen LogP contribution in [0.3, 0.4) is 0 Å². The monoisotopic (exact) mass is 505 g/mol. The molecule has 0 radical (unpaired) electrons. The zero-order valence-electron chi connectivity index (χ0n) is 17.2. The summed E-state index contributed by atoms with van der Waals surface area (Å²) in [6, 6.07) is 21.3. The molecule has 1 aliphatic heterocycles. The number of hydrogen-bond acceptors (Lipinski definition) is 5. The van der Waals surface area contributed by atoms with E-state index in [4.69, 9.17) is 4.74 Å². The van der Waals surface area contributed by atoms with E-state index in [0.717, 1.165) is 0 Å². The fourth-order valence-corrected chi connectivity index (χ4v) is 4.01. The number of nitrogens with one attached hydrogen (secondary N) is 2. The minimum Gasteiger partial charge on any atom is -0.546 e. The van der Waals surface area contributed by atoms with Crippen LogP contribution in [0, 0.1) is 0 Å². The summed E-state index contributed by atoms with van der Waals surface area (Å²) >= 11 is 3.41. The molecule has 3 aromatic rings. The Labute approximate surface area is 198 Å². The number of rotatable bonds is 7. The van der Waals surface area contributed by atoms with Crippen LogP contribution >= 0.6 is 15.9 Å². The molecule has 0 aromatic heterocycles. The lowest BCUT2D eigenvalue weighted by atomic mass is 9.87. The number of hydrogen-bond donors (Lipinski definition) is 2. The smallest absolute Gasteiger partial charge is 0.320 e. The Kier molecular flexibility index (Phi) is 6.55. The largest absolute Gasteiger partial charge is 0.546 e. The molecule has 4 rings (SSSR count). The topological polar surface area (TPSA) is 108 Å². The molecule has 2 amide bonds. The number of urea groups is 1. The second kappa shape index (κ2) is 9.70. The Morgan fingerprint density at radius 1 is 0.970 bits per heavy atom. The van der Waals surface area contributed by atoms with E-state index in [1.807, 2.05) is 24.3 Å². The third-order valence-electron chi connectivity index (χ3n) is 5.04. The Morgan fingerprint density at radius 2 is 1.64 bits per heavy atom. The van der Waals surface area contributed by atoms with Gasteiger partial charge in [-0.05, 0) is 23.8 Å². The van der Waals surface area contributed by atoms with E-state index in [0.29, 0.717) is 32.4 Å². The van der Waals surface area contributed by atoms with Gasteiger partial charge in [-0.15, -0.1) is 0 Å². The first kappa shape index (κ1) is 22.3. The number of Topliss-reactive ketones (excluding diaryl/α,β-unsaturated/α-hetero) is 1. The van der Waals surface area contributed by atoms with Gasteiger partial charge in [0.1, 0.15) is 12.4 Å². The molecular formula is C25H18BrN2O5-. The molecule has 33 heavy (non-hydrogen) atoms. The molecule has 7 nitrogen and oxygen atoms in total. The molecule has 0 fully saturated rings. The third kappa shape index (κ3) is 4.96. The van der Waals surface area contributed by atoms with Gasteiger partial charge in [-0.2, -0.15) is 0 Å². The number of carbonyl (C=O) groups is 3. The fourth-order valence-electron chi connectivity index (χ4n) is 3.63. The van der Waals surface area contributed by atoms with E-state index in [1.165, 1.54) is 0 Å². The number of carboxylic acid groups (broad SMARTS) is 1. The third-order valence-corrected chi connectivity index (χ3v) is 5.54. The highest BCUT2D eigenvalue weighted by molar-refractivity contribution is 9.10. The Bertz CT molecular complexity index is 1240. The second-order valence-corrected chi connectivity index (χ2v) is 8.14. The number of carboxylic acids is 1. The number of ether oxygens (including phenoxy) is 1. The number of carbonyl (C=O) groups excluding carboxylic acids is 3. The van der Waals surface area contributed by atoms with Gasteiger partial charge in [0.05, 0.1) is 23.3 Å². The minimum absolute atomic E-state index is 0.209. The van der Waals surface area contributed by atoms with Gasteiger partial charge in [0.25, 0.3) is 0 Å². The first-order chi connectivity index (χ1) is 15.9. The van der Waals surface area contributed by atoms with Crippen LogP contribution in [0.1, 0.15) is 27.5 Å². The highest BCUT2D eigenvalue weighted by Crippen LogP contribution is 2.38. The van der Waals surface area contributed by atoms with Crippen LogP contribution < -0.4 is 20.5 Å². The maximum absolute atomic E-state index is 13.7. The van der Waals surface area contributed by atoms with Gasteiger partial charge in [0.15, 0.2) is 5.78 Å². The standard InChI is InChI=1S/C25H19BrN2O5/c26-17-11-12-19(33-14-20(29)30)18(13-17)23-21(24(31)16-9-5-2-6-10-16)22(27-25(32)28-23)15-7-3-1-4-8-15/h1-13,23H,14H2,(H,29,30)(H2,27,28,32)/p-1/t23-/m1/s1. The molecule has 0 bridgehead atoms. The molecule has 1 aliphatic rings. The lowest BCUT2D eigenvalue weighted by Crippen LogP contribution is -2.45. The van der Waals surface area contributed by atoms with Crippen molar-refractivity contribution in [1.29, 1.82) is 0 Å². The quantitative estimate of drug-likeness (QED) is 0.479. The van der Waals surface area contributed by atoms with Crippen molar-refractivity contribution in [2.75, 3.05) is 6.61 Å². The van der Waals surface area contributed by atoms with E-state index in [-0.39, 0.29) is 11.5 Å². The molecule has 0 saturated heterocycles. The molecule has 8 heteroatoms. The van der Waals surface area contributed by atoms with Crippen LogP contribution in [0.15, 0.2) is 88.9 Å². The second-order valence-electron chi connectivity index (χ2n) is 7.22. The maximum Gasteiger partial charge on any atom is 0.320 e. The summed E-state index contributed by atoms with van der Waals surface area (Å²) < 4.78 is 6.09. The maximum atomic E-state index is 13.7. The van der Waals surface area contributed by atoms with Crippen LogP contribution in [0.2, 0.25) is 0 Å². The predicted octanol–water partition coefficient (Wildman–Crippen LogP) is 3.23. The van der Waals surface area contributed by atoms with E-state index < -0.39 is 24.6 Å². The van der Waals surface area contributed by atoms with Gasteiger partial charge in [-0.3, -0.25) is 4.79 Å². The van der Waals surface area contributed by atoms with Crippen LogP contribution in [-0.2, 0) is 4.79 Å². The summed E-state index contributed by atoms with van der Waals surface area (Å²) in [5, 5.41) is 16.6. The number of aliphatic carboxylic acids is 1. The molecule has 0 unspecified atom stereocenters. The van der Waals surface area contributed by atoms with Crippen molar-refractivity contribution in [3.63, 3.8) is 0 Å². The molecule has 3 aromatic carbocycles. The Morgan fingerprint density at radius 3 is 2.30 bits per heavy atom. The predicted molar refractivity (Wildman–Crippen MR) is 123 cm³/mol. The summed E-state index contributed by atoms with van der Waals surface area (Å²) in [5.41, 5.74) is 2.18. The molecule has 2 N–H and O–H groups in total. The molecular weight excluding hydrogens is 488 g/mol. The molecule has 0 aliphatic carbocycles. The van der Waals surface area contributed by atoms with Crippen molar-refractivity contribution in [2.45, 2.75) is 6.04 Å². The van der Waals surface area contributed by atoms with E-state index in [2.05, 4.69) is 26.6 Å². The average molecular weight is 506 g/mol. The summed E-state index contributed by atoms with van der Waals surface area (Å²) in [6.07, 6.45) is 0. The van der Waals surface area contributed by atoms with Gasteiger partial charge < -0.3 is 25.3 Å². The van der Waals surface area contributed by atoms with Crippen molar-refractivity contribution < 1.29 is 24.2 Å². The molecule has 166 valence electrons. The van der Waals surface area contributed by atoms with Crippen molar-refractivity contribution >= 4 is 39.4 Å². The van der Waals surface area contributed by atoms with Gasteiger partial charge in [0.2, 0.25) is 0 Å².